The molecule has 1 atom stereocenters. The number of pyridine rings is 1. The molecule has 18 heavy (non-hydrogen) atoms. The van der Waals surface area contributed by atoms with Crippen LogP contribution in [0, 0.1) is 0 Å². The van der Waals surface area contributed by atoms with E-state index in [0.29, 0.717) is 27.8 Å². The van der Waals surface area contributed by atoms with Crippen LogP contribution in [0.1, 0.15) is 17.2 Å². The van der Waals surface area contributed by atoms with Gasteiger partial charge in [-0.15, -0.1) is 0 Å². The van der Waals surface area contributed by atoms with Crippen molar-refractivity contribution in [2.24, 2.45) is 0 Å². The Labute approximate surface area is 115 Å². The van der Waals surface area contributed by atoms with Crippen molar-refractivity contribution in [2.75, 3.05) is 5.73 Å². The second kappa shape index (κ2) is 5.57. The summed E-state index contributed by atoms with van der Waals surface area (Å²) in [6, 6.07) is 8.66. The molecule has 5 heteroatoms. The van der Waals surface area contributed by atoms with Crippen molar-refractivity contribution in [3.63, 3.8) is 0 Å². The summed E-state index contributed by atoms with van der Waals surface area (Å²) in [5.41, 5.74) is 7.01. The molecule has 2 rings (SSSR count). The van der Waals surface area contributed by atoms with Crippen LogP contribution in [-0.4, -0.2) is 10.1 Å². The highest BCUT2D eigenvalue weighted by molar-refractivity contribution is 6.36. The van der Waals surface area contributed by atoms with Crippen LogP contribution in [0.4, 0.5) is 5.82 Å². The highest BCUT2D eigenvalue weighted by Crippen LogP contribution is 2.32. The Morgan fingerprint density at radius 2 is 1.89 bits per heavy atom. The van der Waals surface area contributed by atoms with Crippen LogP contribution >= 0.6 is 23.2 Å². The van der Waals surface area contributed by atoms with E-state index in [1.54, 1.807) is 36.5 Å². The summed E-state index contributed by atoms with van der Waals surface area (Å²) >= 11 is 12.1. The van der Waals surface area contributed by atoms with E-state index < -0.39 is 6.10 Å². The van der Waals surface area contributed by atoms with Crippen molar-refractivity contribution in [3.05, 3.63) is 57.7 Å². The van der Waals surface area contributed by atoms with Crippen molar-refractivity contribution in [1.29, 1.82) is 0 Å². The summed E-state index contributed by atoms with van der Waals surface area (Å²) < 4.78 is 0. The summed E-state index contributed by atoms with van der Waals surface area (Å²) in [7, 11) is 0. The maximum Gasteiger partial charge on any atom is 0.123 e. The first-order valence-corrected chi connectivity index (χ1v) is 6.16. The second-order valence-corrected chi connectivity index (χ2v) is 4.76. The van der Waals surface area contributed by atoms with Gasteiger partial charge in [0.25, 0.3) is 0 Å². The van der Waals surface area contributed by atoms with Gasteiger partial charge in [0.2, 0.25) is 0 Å². The van der Waals surface area contributed by atoms with Crippen LogP contribution in [-0.2, 0) is 6.42 Å². The monoisotopic (exact) mass is 282 g/mol. The maximum absolute atomic E-state index is 10.2. The number of anilines is 1. The Morgan fingerprint density at radius 1 is 1.22 bits per heavy atom. The van der Waals surface area contributed by atoms with E-state index >= 15 is 0 Å². The molecular weight excluding hydrogens is 271 g/mol. The standard InChI is InChI=1S/C13H12Cl2N2O/c14-9-2-1-3-10(15)13(9)11(18)6-8-4-5-17-12(16)7-8/h1-5,7,11,18H,6H2,(H2,16,17). The number of rotatable bonds is 3. The van der Waals surface area contributed by atoms with E-state index in [2.05, 4.69) is 4.98 Å². The third kappa shape index (κ3) is 2.93. The molecular formula is C13H12Cl2N2O. The molecule has 3 nitrogen and oxygen atoms in total. The third-order valence-electron chi connectivity index (χ3n) is 2.61. The predicted octanol–water partition coefficient (Wildman–Crippen LogP) is 3.25. The minimum absolute atomic E-state index is 0.385. The molecule has 0 aliphatic rings. The number of aliphatic hydroxyl groups is 1. The van der Waals surface area contributed by atoms with Crippen molar-refractivity contribution in [1.82, 2.24) is 4.98 Å². The Bertz CT molecular complexity index is 540. The number of hydrogen-bond donors (Lipinski definition) is 2. The molecule has 0 radical (unpaired) electrons. The molecule has 0 amide bonds. The molecule has 0 saturated carbocycles. The number of halogens is 2. The normalized spacial score (nSPS) is 12.4. The van der Waals surface area contributed by atoms with Gasteiger partial charge in [0.15, 0.2) is 0 Å². The molecule has 1 aromatic heterocycles. The molecule has 1 heterocycles. The zero-order chi connectivity index (χ0) is 13.1. The van der Waals surface area contributed by atoms with Gasteiger partial charge < -0.3 is 10.8 Å². The van der Waals surface area contributed by atoms with E-state index in [1.165, 1.54) is 0 Å². The lowest BCUT2D eigenvalue weighted by atomic mass is 10.0. The Hall–Kier alpha value is -1.29. The molecule has 1 aromatic carbocycles. The minimum Gasteiger partial charge on any atom is -0.388 e. The van der Waals surface area contributed by atoms with E-state index in [1.807, 2.05) is 0 Å². The molecule has 94 valence electrons. The van der Waals surface area contributed by atoms with E-state index in [-0.39, 0.29) is 0 Å². The van der Waals surface area contributed by atoms with Gasteiger partial charge in [0.05, 0.1) is 6.10 Å². The molecule has 0 bridgehead atoms. The number of nitrogen functional groups attached to an aromatic ring is 1. The molecule has 0 fully saturated rings. The van der Waals surface area contributed by atoms with Crippen LogP contribution < -0.4 is 5.73 Å². The second-order valence-electron chi connectivity index (χ2n) is 3.94. The van der Waals surface area contributed by atoms with Gasteiger partial charge in [-0.25, -0.2) is 4.98 Å². The van der Waals surface area contributed by atoms with Crippen molar-refractivity contribution < 1.29 is 5.11 Å². The Kier molecular flexibility index (Phi) is 4.07. The summed E-state index contributed by atoms with van der Waals surface area (Å²) in [5.74, 6) is 0.421. The first-order chi connectivity index (χ1) is 8.58. The third-order valence-corrected chi connectivity index (χ3v) is 3.27. The fourth-order valence-corrected chi connectivity index (χ4v) is 2.43. The lowest BCUT2D eigenvalue weighted by Crippen LogP contribution is -2.04. The fourth-order valence-electron chi connectivity index (χ4n) is 1.78. The lowest BCUT2D eigenvalue weighted by Gasteiger charge is -2.14. The highest BCUT2D eigenvalue weighted by atomic mass is 35.5. The van der Waals surface area contributed by atoms with Gasteiger partial charge in [-0.1, -0.05) is 29.3 Å². The molecule has 0 aliphatic heterocycles. The number of nitrogens with zero attached hydrogens (tertiary/aromatic N) is 1. The zero-order valence-electron chi connectivity index (χ0n) is 9.48. The summed E-state index contributed by atoms with van der Waals surface area (Å²) in [4.78, 5) is 3.90. The van der Waals surface area contributed by atoms with Crippen LogP contribution in [0.25, 0.3) is 0 Å². The SMILES string of the molecule is Nc1cc(CC(O)c2c(Cl)cccc2Cl)ccn1. The largest absolute Gasteiger partial charge is 0.388 e. The van der Waals surface area contributed by atoms with Crippen LogP contribution in [0.5, 0.6) is 0 Å². The number of aliphatic hydroxyl groups excluding tert-OH is 1. The van der Waals surface area contributed by atoms with Crippen LogP contribution in [0.15, 0.2) is 36.5 Å². The van der Waals surface area contributed by atoms with Crippen molar-refractivity contribution in [3.8, 4) is 0 Å². The van der Waals surface area contributed by atoms with Gasteiger partial charge in [0, 0.05) is 28.2 Å². The quantitative estimate of drug-likeness (QED) is 0.909. The van der Waals surface area contributed by atoms with Crippen molar-refractivity contribution >= 4 is 29.0 Å². The van der Waals surface area contributed by atoms with Gasteiger partial charge in [-0.2, -0.15) is 0 Å². The number of benzene rings is 1. The minimum atomic E-state index is -0.770. The summed E-state index contributed by atoms with van der Waals surface area (Å²) in [6.45, 7) is 0. The summed E-state index contributed by atoms with van der Waals surface area (Å²) in [5, 5.41) is 11.1. The molecule has 2 aromatic rings. The lowest BCUT2D eigenvalue weighted by molar-refractivity contribution is 0.178. The fraction of sp³-hybridized carbons (Fsp3) is 0.154. The first kappa shape index (κ1) is 13.1. The number of hydrogen-bond acceptors (Lipinski definition) is 3. The molecule has 1 unspecified atom stereocenters. The van der Waals surface area contributed by atoms with E-state index in [4.69, 9.17) is 28.9 Å². The average Bonchev–Trinajstić information content (AvgIpc) is 2.28. The molecule has 0 aliphatic carbocycles. The molecule has 0 spiro atoms. The van der Waals surface area contributed by atoms with E-state index in [0.717, 1.165) is 5.56 Å². The van der Waals surface area contributed by atoms with Gasteiger partial charge in [-0.05, 0) is 29.8 Å². The van der Waals surface area contributed by atoms with Gasteiger partial charge in [0.1, 0.15) is 5.82 Å². The van der Waals surface area contributed by atoms with Crippen LogP contribution in [0.3, 0.4) is 0 Å². The Morgan fingerprint density at radius 3 is 2.50 bits per heavy atom. The van der Waals surface area contributed by atoms with Gasteiger partial charge >= 0.3 is 0 Å². The Balaban J connectivity index is 2.25. The topological polar surface area (TPSA) is 59.1 Å². The average molecular weight is 283 g/mol. The number of aromatic nitrogens is 1. The predicted molar refractivity (Wildman–Crippen MR) is 73.8 cm³/mol. The first-order valence-electron chi connectivity index (χ1n) is 5.40. The smallest absolute Gasteiger partial charge is 0.123 e. The molecule has 3 N–H and O–H groups in total. The number of nitrogens with two attached hydrogens (primary N) is 1. The van der Waals surface area contributed by atoms with Gasteiger partial charge in [-0.3, -0.25) is 0 Å². The zero-order valence-corrected chi connectivity index (χ0v) is 11.0. The van der Waals surface area contributed by atoms with Crippen molar-refractivity contribution in [2.45, 2.75) is 12.5 Å². The highest BCUT2D eigenvalue weighted by Gasteiger charge is 2.16. The maximum atomic E-state index is 10.2. The summed E-state index contributed by atoms with van der Waals surface area (Å²) in [6.07, 6.45) is 1.22. The van der Waals surface area contributed by atoms with E-state index in [9.17, 15) is 5.11 Å². The molecule has 0 saturated heterocycles. The van der Waals surface area contributed by atoms with Crippen LogP contribution in [0.2, 0.25) is 10.0 Å².